The summed E-state index contributed by atoms with van der Waals surface area (Å²) >= 11 is 0. The normalized spacial score (nSPS) is 12.6. The fraction of sp³-hybridized carbons (Fsp3) is 0.143. The van der Waals surface area contributed by atoms with Crippen molar-refractivity contribution in [3.05, 3.63) is 71.8 Å². The van der Waals surface area contributed by atoms with Gasteiger partial charge in [-0.3, -0.25) is 4.57 Å². The van der Waals surface area contributed by atoms with E-state index in [2.05, 4.69) is 9.05 Å². The smallest absolute Gasteiger partial charge is 0.263 e. The van der Waals surface area contributed by atoms with Gasteiger partial charge in [-0.2, -0.15) is 17.6 Å². The second kappa shape index (κ2) is 6.60. The van der Waals surface area contributed by atoms with Crippen molar-refractivity contribution in [3.8, 4) is 0 Å². The molecule has 0 atom stereocenters. The first-order valence-electron chi connectivity index (χ1n) is 6.10. The van der Waals surface area contributed by atoms with Crippen LogP contribution in [0.1, 0.15) is 11.1 Å². The molecule has 2 aromatic rings. The Morgan fingerprint density at radius 3 is 1.32 bits per heavy atom. The zero-order valence-electron chi connectivity index (χ0n) is 11.0. The van der Waals surface area contributed by atoms with E-state index in [0.717, 1.165) is 24.3 Å². The third kappa shape index (κ3) is 4.16. The van der Waals surface area contributed by atoms with E-state index in [-0.39, 0.29) is 0 Å². The average molecular weight is 334 g/mol. The highest BCUT2D eigenvalue weighted by Crippen LogP contribution is 2.46. The molecule has 0 N–H and O–H groups in total. The van der Waals surface area contributed by atoms with E-state index in [4.69, 9.17) is 0 Å². The zero-order chi connectivity index (χ0) is 16.2. The Balaban J connectivity index is 2.07. The minimum absolute atomic E-state index is 0.611. The second-order valence-corrected chi connectivity index (χ2v) is 5.13. The van der Waals surface area contributed by atoms with Crippen molar-refractivity contribution >= 4 is 8.25 Å². The lowest BCUT2D eigenvalue weighted by atomic mass is 10.2. The van der Waals surface area contributed by atoms with E-state index in [0.29, 0.717) is 0 Å². The summed E-state index contributed by atoms with van der Waals surface area (Å²) < 4.78 is 73.8. The van der Waals surface area contributed by atoms with Gasteiger partial charge in [0.2, 0.25) is 0 Å². The zero-order valence-corrected chi connectivity index (χ0v) is 12.0. The van der Waals surface area contributed by atoms with Gasteiger partial charge in [0.15, 0.2) is 0 Å². The predicted molar refractivity (Wildman–Crippen MR) is 71.8 cm³/mol. The van der Waals surface area contributed by atoms with Crippen molar-refractivity contribution in [2.24, 2.45) is 0 Å². The van der Waals surface area contributed by atoms with Crippen molar-refractivity contribution in [3.63, 3.8) is 0 Å². The molecule has 0 heterocycles. The molecule has 3 nitrogen and oxygen atoms in total. The maximum Gasteiger partial charge on any atom is 0.389 e. The van der Waals surface area contributed by atoms with Gasteiger partial charge in [-0.1, -0.05) is 60.7 Å². The monoisotopic (exact) mass is 334 g/mol. The Kier molecular flexibility index (Phi) is 5.01. The molecule has 0 aliphatic rings. The van der Waals surface area contributed by atoms with Crippen molar-refractivity contribution in [2.75, 3.05) is 0 Å². The molecule has 0 saturated carbocycles. The van der Waals surface area contributed by atoms with Crippen LogP contribution < -0.4 is 0 Å². The molecule has 0 aliphatic heterocycles. The SMILES string of the molecule is O=[PH](OC(F)(F)c1ccccc1)OC(F)(F)c1ccccc1. The Labute approximate surface area is 124 Å². The van der Waals surface area contributed by atoms with Crippen molar-refractivity contribution in [2.45, 2.75) is 12.2 Å². The van der Waals surface area contributed by atoms with Gasteiger partial charge in [-0.25, -0.2) is 9.05 Å². The fourth-order valence-electron chi connectivity index (χ4n) is 1.61. The first-order valence-corrected chi connectivity index (χ1v) is 7.32. The summed E-state index contributed by atoms with van der Waals surface area (Å²) in [5.41, 5.74) is -1.22. The van der Waals surface area contributed by atoms with E-state index < -0.39 is 31.6 Å². The van der Waals surface area contributed by atoms with Crippen LogP contribution in [0.3, 0.4) is 0 Å². The molecule has 0 saturated heterocycles. The van der Waals surface area contributed by atoms with Crippen LogP contribution in [0.4, 0.5) is 17.6 Å². The largest absolute Gasteiger partial charge is 0.389 e. The maximum atomic E-state index is 13.7. The molecule has 0 aliphatic carbocycles. The Morgan fingerprint density at radius 1 is 0.682 bits per heavy atom. The average Bonchev–Trinajstić information content (AvgIpc) is 2.48. The molecule has 0 bridgehead atoms. The number of hydrogen-bond acceptors (Lipinski definition) is 3. The van der Waals surface area contributed by atoms with E-state index in [1.807, 2.05) is 0 Å². The van der Waals surface area contributed by atoms with Crippen LogP contribution >= 0.6 is 8.25 Å². The molecule has 0 amide bonds. The summed E-state index contributed by atoms with van der Waals surface area (Å²) in [7, 11) is -4.15. The van der Waals surface area contributed by atoms with Gasteiger partial charge in [0.05, 0.1) is 11.1 Å². The lowest BCUT2D eigenvalue weighted by Crippen LogP contribution is -2.18. The molecular weight excluding hydrogens is 323 g/mol. The highest BCUT2D eigenvalue weighted by molar-refractivity contribution is 7.33. The highest BCUT2D eigenvalue weighted by atomic mass is 31.1. The molecular formula is C14H11F4O3P. The van der Waals surface area contributed by atoms with Gasteiger partial charge in [-0.05, 0) is 0 Å². The standard InChI is InChI=1S/C14H11F4O3P/c15-13(16,11-7-3-1-4-8-11)20-22(19)21-14(17,18)12-9-5-2-6-10-12/h1-10,22H. The number of benzene rings is 2. The van der Waals surface area contributed by atoms with Gasteiger partial charge in [0.1, 0.15) is 0 Å². The molecule has 2 rings (SSSR count). The van der Waals surface area contributed by atoms with Crippen LogP contribution in [-0.4, -0.2) is 0 Å². The van der Waals surface area contributed by atoms with Crippen LogP contribution in [0.25, 0.3) is 0 Å². The van der Waals surface area contributed by atoms with Crippen molar-refractivity contribution in [1.29, 1.82) is 0 Å². The molecule has 118 valence electrons. The molecule has 2 aromatic carbocycles. The number of rotatable bonds is 6. The van der Waals surface area contributed by atoms with Crippen molar-refractivity contribution in [1.82, 2.24) is 0 Å². The third-order valence-corrected chi connectivity index (χ3v) is 3.49. The fourth-order valence-corrected chi connectivity index (χ4v) is 2.31. The first-order chi connectivity index (χ1) is 10.3. The molecule has 22 heavy (non-hydrogen) atoms. The number of hydrogen-bond donors (Lipinski definition) is 0. The summed E-state index contributed by atoms with van der Waals surface area (Å²) in [4.78, 5) is 0. The van der Waals surface area contributed by atoms with E-state index in [1.165, 1.54) is 36.4 Å². The van der Waals surface area contributed by atoms with Crippen LogP contribution in [0.2, 0.25) is 0 Å². The van der Waals surface area contributed by atoms with Crippen LogP contribution in [0.15, 0.2) is 60.7 Å². The Morgan fingerprint density at radius 2 is 1.00 bits per heavy atom. The molecule has 0 fully saturated rings. The topological polar surface area (TPSA) is 35.5 Å². The summed E-state index contributed by atoms with van der Waals surface area (Å²) in [6.07, 6.45) is -7.99. The highest BCUT2D eigenvalue weighted by Gasteiger charge is 2.40. The lowest BCUT2D eigenvalue weighted by Gasteiger charge is -2.20. The minimum Gasteiger partial charge on any atom is -0.263 e. The van der Waals surface area contributed by atoms with Crippen LogP contribution in [0, 0.1) is 0 Å². The number of alkyl halides is 4. The molecule has 0 aromatic heterocycles. The van der Waals surface area contributed by atoms with Gasteiger partial charge in [-0.15, -0.1) is 0 Å². The van der Waals surface area contributed by atoms with E-state index in [9.17, 15) is 22.1 Å². The summed E-state index contributed by atoms with van der Waals surface area (Å²) in [5, 5.41) is 0. The second-order valence-electron chi connectivity index (χ2n) is 4.22. The summed E-state index contributed by atoms with van der Waals surface area (Å²) in [6.45, 7) is 0. The molecule has 0 spiro atoms. The number of halogens is 4. The van der Waals surface area contributed by atoms with Gasteiger partial charge < -0.3 is 0 Å². The minimum atomic E-state index is -4.15. The van der Waals surface area contributed by atoms with E-state index >= 15 is 0 Å². The molecule has 0 unspecified atom stereocenters. The summed E-state index contributed by atoms with van der Waals surface area (Å²) in [5.74, 6) is 0. The Hall–Kier alpha value is -1.69. The maximum absolute atomic E-state index is 13.7. The molecule has 8 heteroatoms. The van der Waals surface area contributed by atoms with Crippen LogP contribution in [-0.2, 0) is 25.8 Å². The molecule has 0 radical (unpaired) electrons. The van der Waals surface area contributed by atoms with Gasteiger partial charge in [0.25, 0.3) is 0 Å². The van der Waals surface area contributed by atoms with Crippen molar-refractivity contribution < 1.29 is 31.2 Å². The summed E-state index contributed by atoms with van der Waals surface area (Å²) in [6, 6.07) is 12.3. The quantitative estimate of drug-likeness (QED) is 0.556. The lowest BCUT2D eigenvalue weighted by molar-refractivity contribution is -0.220. The first kappa shape index (κ1) is 16.7. The van der Waals surface area contributed by atoms with Gasteiger partial charge in [0, 0.05) is 0 Å². The third-order valence-electron chi connectivity index (χ3n) is 2.64. The Bertz CT molecular complexity index is 580. The van der Waals surface area contributed by atoms with E-state index in [1.54, 1.807) is 0 Å². The predicted octanol–water partition coefficient (Wildman–Crippen LogP) is 4.91. The van der Waals surface area contributed by atoms with Crippen LogP contribution in [0.5, 0.6) is 0 Å². The van der Waals surface area contributed by atoms with Gasteiger partial charge >= 0.3 is 20.5 Å².